The molecule has 1 nitrogen and oxygen atoms in total. The van der Waals surface area contributed by atoms with Crippen LogP contribution in [0, 0.1) is 5.92 Å². The lowest BCUT2D eigenvalue weighted by Gasteiger charge is -2.18. The van der Waals surface area contributed by atoms with Crippen molar-refractivity contribution in [3.05, 3.63) is 0 Å². The van der Waals surface area contributed by atoms with Gasteiger partial charge < -0.3 is 4.74 Å². The SMILES string of the molecule is CC(C)CCC(F)(F)F.CC(C)OC(C)C(F)(F)F. The minimum Gasteiger partial charge on any atom is -0.366 e. The van der Waals surface area contributed by atoms with Gasteiger partial charge in [-0.15, -0.1) is 0 Å². The van der Waals surface area contributed by atoms with Crippen molar-refractivity contribution in [2.75, 3.05) is 0 Å². The van der Waals surface area contributed by atoms with Crippen molar-refractivity contribution >= 4 is 0 Å². The highest BCUT2D eigenvalue weighted by molar-refractivity contribution is 4.61. The van der Waals surface area contributed by atoms with Crippen LogP contribution in [0.25, 0.3) is 0 Å². The van der Waals surface area contributed by atoms with E-state index in [1.165, 1.54) is 0 Å². The Morgan fingerprint density at radius 1 is 0.842 bits per heavy atom. The Morgan fingerprint density at radius 2 is 1.26 bits per heavy atom. The largest absolute Gasteiger partial charge is 0.414 e. The molecule has 0 aliphatic heterocycles. The van der Waals surface area contributed by atoms with Crippen molar-refractivity contribution < 1.29 is 31.1 Å². The highest BCUT2D eigenvalue weighted by Crippen LogP contribution is 2.23. The molecule has 0 heterocycles. The summed E-state index contributed by atoms with van der Waals surface area (Å²) in [6, 6.07) is 0. The highest BCUT2D eigenvalue weighted by Gasteiger charge is 2.37. The molecule has 0 aliphatic rings. The summed E-state index contributed by atoms with van der Waals surface area (Å²) in [5, 5.41) is 0. The van der Waals surface area contributed by atoms with E-state index in [9.17, 15) is 26.3 Å². The number of hydrogen-bond donors (Lipinski definition) is 0. The zero-order valence-electron chi connectivity index (χ0n) is 11.8. The minimum absolute atomic E-state index is 0.145. The van der Waals surface area contributed by atoms with E-state index in [0.717, 1.165) is 6.92 Å². The van der Waals surface area contributed by atoms with E-state index in [0.29, 0.717) is 0 Å². The van der Waals surface area contributed by atoms with Gasteiger partial charge in [-0.2, -0.15) is 26.3 Å². The molecular formula is C12H22F6O. The average molecular weight is 296 g/mol. The number of alkyl halides is 6. The fourth-order valence-electron chi connectivity index (χ4n) is 0.938. The predicted molar refractivity (Wildman–Crippen MR) is 61.9 cm³/mol. The summed E-state index contributed by atoms with van der Waals surface area (Å²) in [6.07, 6.45) is -10.6. The summed E-state index contributed by atoms with van der Waals surface area (Å²) < 4.78 is 73.8. The molecule has 0 aromatic rings. The quantitative estimate of drug-likeness (QED) is 0.636. The minimum atomic E-state index is -4.23. The zero-order chi connectivity index (χ0) is 15.9. The molecule has 0 aliphatic carbocycles. The summed E-state index contributed by atoms with van der Waals surface area (Å²) in [5.41, 5.74) is 0. The molecular weight excluding hydrogens is 274 g/mol. The van der Waals surface area contributed by atoms with Crippen LogP contribution < -0.4 is 0 Å². The molecule has 0 bridgehead atoms. The zero-order valence-corrected chi connectivity index (χ0v) is 11.8. The molecule has 1 unspecified atom stereocenters. The van der Waals surface area contributed by atoms with E-state index in [1.54, 1.807) is 27.7 Å². The van der Waals surface area contributed by atoms with Crippen LogP contribution in [-0.4, -0.2) is 24.6 Å². The Balaban J connectivity index is 0. The van der Waals surface area contributed by atoms with E-state index in [4.69, 9.17) is 0 Å². The molecule has 0 aromatic heterocycles. The molecule has 7 heteroatoms. The topological polar surface area (TPSA) is 9.23 Å². The number of hydrogen-bond acceptors (Lipinski definition) is 1. The third-order valence-corrected chi connectivity index (χ3v) is 1.94. The lowest BCUT2D eigenvalue weighted by atomic mass is 10.1. The molecule has 0 radical (unpaired) electrons. The van der Waals surface area contributed by atoms with Crippen LogP contribution in [-0.2, 0) is 4.74 Å². The third kappa shape index (κ3) is 17.5. The lowest BCUT2D eigenvalue weighted by molar-refractivity contribution is -0.223. The molecule has 0 rings (SSSR count). The molecule has 0 N–H and O–H groups in total. The maximum atomic E-state index is 11.7. The predicted octanol–water partition coefficient (Wildman–Crippen LogP) is 5.35. The standard InChI is InChI=1S/C6H11F3O.C6H11F3/c1-4(2)10-5(3)6(7,8)9;1-5(2)3-4-6(7,8)9/h4-5H,1-3H3;5H,3-4H2,1-2H3. The van der Waals surface area contributed by atoms with Crippen LogP contribution in [0.4, 0.5) is 26.3 Å². The second kappa shape index (κ2) is 8.66. The third-order valence-electron chi connectivity index (χ3n) is 1.94. The second-order valence-corrected chi connectivity index (χ2v) is 4.92. The van der Waals surface area contributed by atoms with E-state index in [1.807, 2.05) is 0 Å². The van der Waals surface area contributed by atoms with Gasteiger partial charge in [0.15, 0.2) is 6.10 Å². The van der Waals surface area contributed by atoms with Crippen LogP contribution >= 0.6 is 0 Å². The first kappa shape index (κ1) is 20.8. The monoisotopic (exact) mass is 296 g/mol. The Labute approximate surface area is 110 Å². The Morgan fingerprint density at radius 3 is 1.37 bits per heavy atom. The van der Waals surface area contributed by atoms with Gasteiger partial charge in [-0.25, -0.2) is 0 Å². The van der Waals surface area contributed by atoms with Crippen LogP contribution in [0.3, 0.4) is 0 Å². The number of rotatable bonds is 4. The van der Waals surface area contributed by atoms with E-state index in [-0.39, 0.29) is 18.4 Å². The smallest absolute Gasteiger partial charge is 0.366 e. The first-order valence-electron chi connectivity index (χ1n) is 6.04. The van der Waals surface area contributed by atoms with Crippen LogP contribution in [0.2, 0.25) is 0 Å². The van der Waals surface area contributed by atoms with Gasteiger partial charge in [-0.3, -0.25) is 0 Å². The second-order valence-electron chi connectivity index (χ2n) is 4.92. The Bertz CT molecular complexity index is 219. The summed E-state index contributed by atoms with van der Waals surface area (Å²) in [7, 11) is 0. The normalized spacial score (nSPS) is 14.4. The molecule has 118 valence electrons. The summed E-state index contributed by atoms with van der Waals surface area (Å²) in [4.78, 5) is 0. The van der Waals surface area contributed by atoms with Crippen molar-refractivity contribution in [1.82, 2.24) is 0 Å². The molecule has 0 saturated carbocycles. The molecule has 0 saturated heterocycles. The molecule has 0 fully saturated rings. The highest BCUT2D eigenvalue weighted by atomic mass is 19.4. The molecule has 0 amide bonds. The van der Waals surface area contributed by atoms with Gasteiger partial charge in [-0.1, -0.05) is 13.8 Å². The van der Waals surface area contributed by atoms with E-state index < -0.39 is 24.9 Å². The lowest BCUT2D eigenvalue weighted by Crippen LogP contribution is -2.30. The van der Waals surface area contributed by atoms with Crippen molar-refractivity contribution in [2.45, 2.75) is 72.0 Å². The fraction of sp³-hybridized carbons (Fsp3) is 1.00. The van der Waals surface area contributed by atoms with Gasteiger partial charge in [0.05, 0.1) is 6.10 Å². The molecule has 0 spiro atoms. The first-order valence-corrected chi connectivity index (χ1v) is 6.04. The van der Waals surface area contributed by atoms with Gasteiger partial charge >= 0.3 is 12.4 Å². The molecule has 0 aromatic carbocycles. The van der Waals surface area contributed by atoms with Crippen molar-refractivity contribution in [3.8, 4) is 0 Å². The van der Waals surface area contributed by atoms with Gasteiger partial charge in [0.25, 0.3) is 0 Å². The van der Waals surface area contributed by atoms with Crippen molar-refractivity contribution in [2.24, 2.45) is 5.92 Å². The first-order chi connectivity index (χ1) is 8.25. The number of ether oxygens (including phenoxy) is 1. The van der Waals surface area contributed by atoms with Gasteiger partial charge in [0.1, 0.15) is 0 Å². The summed E-state index contributed by atoms with van der Waals surface area (Å²) >= 11 is 0. The fourth-order valence-corrected chi connectivity index (χ4v) is 0.938. The molecule has 1 atom stereocenters. The van der Waals surface area contributed by atoms with Gasteiger partial charge in [-0.05, 0) is 33.1 Å². The van der Waals surface area contributed by atoms with E-state index >= 15 is 0 Å². The Hall–Kier alpha value is -0.460. The number of halogens is 6. The average Bonchev–Trinajstić information content (AvgIpc) is 2.12. The van der Waals surface area contributed by atoms with Crippen molar-refractivity contribution in [3.63, 3.8) is 0 Å². The summed E-state index contributed by atoms with van der Waals surface area (Å²) in [5.74, 6) is 0.145. The maximum Gasteiger partial charge on any atom is 0.414 e. The summed E-state index contributed by atoms with van der Waals surface area (Å²) in [6.45, 7) is 7.71. The van der Waals surface area contributed by atoms with Crippen LogP contribution in [0.1, 0.15) is 47.5 Å². The van der Waals surface area contributed by atoms with E-state index in [2.05, 4.69) is 4.74 Å². The van der Waals surface area contributed by atoms with Crippen molar-refractivity contribution in [1.29, 1.82) is 0 Å². The van der Waals surface area contributed by atoms with Gasteiger partial charge in [0.2, 0.25) is 0 Å². The maximum absolute atomic E-state index is 11.7. The van der Waals surface area contributed by atoms with Crippen LogP contribution in [0.5, 0.6) is 0 Å². The molecule has 19 heavy (non-hydrogen) atoms. The van der Waals surface area contributed by atoms with Gasteiger partial charge in [0, 0.05) is 6.42 Å². The Kier molecular flexibility index (Phi) is 9.50. The van der Waals surface area contributed by atoms with Crippen LogP contribution in [0.15, 0.2) is 0 Å².